The molecule has 0 spiro atoms. The highest BCUT2D eigenvalue weighted by Crippen LogP contribution is 2.42. The van der Waals surface area contributed by atoms with Gasteiger partial charge in [0.05, 0.1) is 25.1 Å². The monoisotopic (exact) mass is 421 g/mol. The van der Waals surface area contributed by atoms with Gasteiger partial charge in [-0.1, -0.05) is 6.07 Å². The molecule has 2 unspecified atom stereocenters. The van der Waals surface area contributed by atoms with E-state index >= 15 is 0 Å². The first-order valence-electron chi connectivity index (χ1n) is 10.2. The number of rotatable bonds is 6. The molecule has 3 aromatic rings. The highest BCUT2D eigenvalue weighted by molar-refractivity contribution is 5.88. The Labute approximate surface area is 179 Å². The van der Waals surface area contributed by atoms with Crippen LogP contribution >= 0.6 is 0 Å². The molecular formula is C23H23N3O5. The number of hydrogen-bond donors (Lipinski definition) is 1. The molecule has 2 heterocycles. The van der Waals surface area contributed by atoms with Crippen molar-refractivity contribution in [3.63, 3.8) is 0 Å². The zero-order chi connectivity index (χ0) is 21.5. The zero-order valence-electron chi connectivity index (χ0n) is 17.5. The second-order valence-corrected chi connectivity index (χ2v) is 7.79. The zero-order valence-corrected chi connectivity index (χ0v) is 17.5. The normalized spacial score (nSPS) is 19.5. The van der Waals surface area contributed by atoms with Gasteiger partial charge in [-0.25, -0.2) is 9.97 Å². The minimum absolute atomic E-state index is 0.0188. The Morgan fingerprint density at radius 2 is 1.87 bits per heavy atom. The van der Waals surface area contributed by atoms with Crippen molar-refractivity contribution in [1.82, 2.24) is 15.3 Å². The topological polar surface area (TPSA) is 91.8 Å². The Bertz CT molecular complexity index is 1160. The fraction of sp³-hybridized carbons (Fsp3) is 0.348. The first-order chi connectivity index (χ1) is 15.1. The maximum atomic E-state index is 12.6. The summed E-state index contributed by atoms with van der Waals surface area (Å²) >= 11 is 0. The lowest BCUT2D eigenvalue weighted by Gasteiger charge is -2.14. The molecule has 5 rings (SSSR count). The average molecular weight is 421 g/mol. The molecule has 160 valence electrons. The van der Waals surface area contributed by atoms with Crippen molar-refractivity contribution >= 4 is 16.8 Å². The Morgan fingerprint density at radius 3 is 2.61 bits per heavy atom. The largest absolute Gasteiger partial charge is 0.493 e. The molecule has 8 nitrogen and oxygen atoms in total. The molecule has 1 saturated carbocycles. The molecule has 2 aliphatic rings. The lowest BCUT2D eigenvalue weighted by atomic mass is 9.95. The predicted molar refractivity (Wildman–Crippen MR) is 113 cm³/mol. The number of methoxy groups -OCH3 is 2. The molecule has 31 heavy (non-hydrogen) atoms. The highest BCUT2D eigenvalue weighted by atomic mass is 16.5. The second-order valence-electron chi connectivity index (χ2n) is 7.79. The molecule has 1 fully saturated rings. The minimum Gasteiger partial charge on any atom is -0.493 e. The Morgan fingerprint density at radius 1 is 1.10 bits per heavy atom. The van der Waals surface area contributed by atoms with Crippen molar-refractivity contribution in [3.05, 3.63) is 42.2 Å². The molecule has 8 heteroatoms. The lowest BCUT2D eigenvalue weighted by Crippen LogP contribution is -2.35. The lowest BCUT2D eigenvalue weighted by molar-refractivity contribution is -0.123. The molecule has 0 bridgehead atoms. The van der Waals surface area contributed by atoms with E-state index in [4.69, 9.17) is 18.9 Å². The van der Waals surface area contributed by atoms with Crippen LogP contribution in [0.15, 0.2) is 36.7 Å². The van der Waals surface area contributed by atoms with Crippen molar-refractivity contribution in [3.8, 4) is 28.9 Å². The van der Waals surface area contributed by atoms with Crippen LogP contribution in [0.25, 0.3) is 10.9 Å². The summed E-state index contributed by atoms with van der Waals surface area (Å²) in [4.78, 5) is 21.2. The van der Waals surface area contributed by atoms with Crippen LogP contribution in [0, 0.1) is 0 Å². The fourth-order valence-electron chi connectivity index (χ4n) is 3.88. The first kappa shape index (κ1) is 19.4. The summed E-state index contributed by atoms with van der Waals surface area (Å²) in [5.74, 6) is 2.44. The van der Waals surface area contributed by atoms with Crippen LogP contribution in [0.1, 0.15) is 31.2 Å². The van der Waals surface area contributed by atoms with E-state index in [9.17, 15) is 4.79 Å². The standard InChI is InChI=1S/C23H23N3O5/c1-12-21(22(27)26-13-4-5-13)15-7-6-14(8-18(15)30-12)31-23-16-9-19(28-2)20(29-3)10-17(16)24-11-25-23/h6-13,21H,4-5H2,1-3H3,(H,26,27). The van der Waals surface area contributed by atoms with E-state index in [2.05, 4.69) is 15.3 Å². The molecule has 1 N–H and O–H groups in total. The molecular weight excluding hydrogens is 398 g/mol. The van der Waals surface area contributed by atoms with Crippen molar-refractivity contribution in [2.75, 3.05) is 14.2 Å². The summed E-state index contributed by atoms with van der Waals surface area (Å²) in [5.41, 5.74) is 1.54. The number of ether oxygens (including phenoxy) is 4. The van der Waals surface area contributed by atoms with Crippen LogP contribution in [-0.2, 0) is 4.79 Å². The van der Waals surface area contributed by atoms with Gasteiger partial charge in [-0.3, -0.25) is 4.79 Å². The number of hydrogen-bond acceptors (Lipinski definition) is 7. The third-order valence-electron chi connectivity index (χ3n) is 5.63. The SMILES string of the molecule is COc1cc2ncnc(Oc3ccc4c(c3)OC(C)C4C(=O)NC3CC3)c2cc1OC. The van der Waals surface area contributed by atoms with Gasteiger partial charge in [0.25, 0.3) is 0 Å². The van der Waals surface area contributed by atoms with Crippen LogP contribution in [0.3, 0.4) is 0 Å². The molecule has 1 amide bonds. The van der Waals surface area contributed by atoms with Gasteiger partial charge in [-0.2, -0.15) is 0 Å². The maximum absolute atomic E-state index is 12.6. The minimum atomic E-state index is -0.318. The van der Waals surface area contributed by atoms with Crippen LogP contribution < -0.4 is 24.3 Å². The fourth-order valence-corrected chi connectivity index (χ4v) is 3.88. The first-order valence-corrected chi connectivity index (χ1v) is 10.2. The summed E-state index contributed by atoms with van der Waals surface area (Å²) in [6.45, 7) is 1.91. The van der Waals surface area contributed by atoms with Gasteiger partial charge in [0.15, 0.2) is 11.5 Å². The summed E-state index contributed by atoms with van der Waals surface area (Å²) in [6.07, 6.45) is 3.31. The van der Waals surface area contributed by atoms with Gasteiger partial charge in [0.1, 0.15) is 29.8 Å². The van der Waals surface area contributed by atoms with Gasteiger partial charge < -0.3 is 24.3 Å². The number of nitrogens with one attached hydrogen (secondary N) is 1. The van der Waals surface area contributed by atoms with Gasteiger partial charge in [-0.15, -0.1) is 0 Å². The number of nitrogens with zero attached hydrogens (tertiary/aromatic N) is 2. The van der Waals surface area contributed by atoms with E-state index in [1.165, 1.54) is 6.33 Å². The van der Waals surface area contributed by atoms with E-state index in [1.54, 1.807) is 32.4 Å². The summed E-state index contributed by atoms with van der Waals surface area (Å²) in [6, 6.07) is 9.38. The number of amides is 1. The van der Waals surface area contributed by atoms with Crippen LogP contribution in [-0.4, -0.2) is 42.2 Å². The second kappa shape index (κ2) is 7.61. The van der Waals surface area contributed by atoms with Crippen molar-refractivity contribution in [1.29, 1.82) is 0 Å². The molecule has 0 radical (unpaired) electrons. The van der Waals surface area contributed by atoms with Gasteiger partial charge in [0.2, 0.25) is 11.8 Å². The van der Waals surface area contributed by atoms with E-state index in [-0.39, 0.29) is 17.9 Å². The Balaban J connectivity index is 1.44. The van der Waals surface area contributed by atoms with E-state index in [1.807, 2.05) is 19.1 Å². The van der Waals surface area contributed by atoms with Gasteiger partial charge in [-0.05, 0) is 31.9 Å². The Kier molecular flexibility index (Phi) is 4.77. The van der Waals surface area contributed by atoms with Crippen LogP contribution in [0.4, 0.5) is 0 Å². The summed E-state index contributed by atoms with van der Waals surface area (Å²) in [7, 11) is 3.15. The van der Waals surface area contributed by atoms with Crippen molar-refractivity contribution in [2.45, 2.75) is 37.8 Å². The number of fused-ring (bicyclic) bond motifs is 2. The summed E-state index contributed by atoms with van der Waals surface area (Å²) in [5, 5.41) is 3.76. The molecule has 1 aromatic heterocycles. The third kappa shape index (κ3) is 3.58. The molecule has 1 aliphatic heterocycles. The number of carbonyl (C=O) groups excluding carboxylic acids is 1. The van der Waals surface area contributed by atoms with Crippen LogP contribution in [0.2, 0.25) is 0 Å². The van der Waals surface area contributed by atoms with E-state index in [0.717, 1.165) is 18.4 Å². The number of carbonyl (C=O) groups is 1. The van der Waals surface area contributed by atoms with E-state index < -0.39 is 0 Å². The molecule has 0 saturated heterocycles. The number of aromatic nitrogens is 2. The number of benzene rings is 2. The summed E-state index contributed by atoms with van der Waals surface area (Å²) < 4.78 is 22.8. The third-order valence-corrected chi connectivity index (χ3v) is 5.63. The van der Waals surface area contributed by atoms with Gasteiger partial charge in [0, 0.05) is 23.7 Å². The Hall–Kier alpha value is -3.55. The average Bonchev–Trinajstić information content (AvgIpc) is 3.52. The van der Waals surface area contributed by atoms with Crippen molar-refractivity contribution in [2.24, 2.45) is 0 Å². The molecule has 2 atom stereocenters. The quantitative estimate of drug-likeness (QED) is 0.650. The van der Waals surface area contributed by atoms with Crippen LogP contribution in [0.5, 0.6) is 28.9 Å². The smallest absolute Gasteiger partial charge is 0.231 e. The molecule has 1 aliphatic carbocycles. The van der Waals surface area contributed by atoms with Crippen molar-refractivity contribution < 1.29 is 23.7 Å². The highest BCUT2D eigenvalue weighted by Gasteiger charge is 2.39. The predicted octanol–water partition coefficient (Wildman–Crippen LogP) is 3.58. The maximum Gasteiger partial charge on any atom is 0.231 e. The molecule has 2 aromatic carbocycles. The van der Waals surface area contributed by atoms with E-state index in [0.29, 0.717) is 45.8 Å². The van der Waals surface area contributed by atoms with Gasteiger partial charge >= 0.3 is 0 Å².